The molecule has 15 rings (SSSR count). The first-order valence-electron chi connectivity index (χ1n) is 40.4. The fourth-order valence-electron chi connectivity index (χ4n) is 15.0. The molecule has 5 fully saturated rings. The number of aliphatic hydroxyl groups excluding tert-OH is 6. The molecular weight excluding hydrogens is 1830 g/mol. The van der Waals surface area contributed by atoms with Crippen LogP contribution in [-0.4, -0.2) is 354 Å². The maximum atomic E-state index is 12.2. The van der Waals surface area contributed by atoms with Crippen LogP contribution in [-0.2, 0) is 28.4 Å². The van der Waals surface area contributed by atoms with Gasteiger partial charge in [-0.05, 0) is 164 Å². The number of rotatable bonds is 23. The van der Waals surface area contributed by atoms with Crippen LogP contribution in [0.5, 0.6) is 0 Å². The topological polar surface area (TPSA) is 507 Å². The van der Waals surface area contributed by atoms with Crippen LogP contribution in [0.4, 0.5) is 5.95 Å². The zero-order valence-electron chi connectivity index (χ0n) is 72.6. The lowest BCUT2D eigenvalue weighted by Gasteiger charge is -2.20. The molecule has 128 heavy (non-hydrogen) atoms. The number of methoxy groups -OCH3 is 1. The van der Waals surface area contributed by atoms with Crippen LogP contribution in [0.15, 0.2) is 55.6 Å². The van der Waals surface area contributed by atoms with E-state index in [-0.39, 0.29) is 128 Å². The molecule has 38 nitrogen and oxygen atoms in total. The van der Waals surface area contributed by atoms with Crippen LogP contribution in [0.3, 0.4) is 0 Å². The Morgan fingerprint density at radius 2 is 0.680 bits per heavy atom. The Balaban J connectivity index is 0.000000244. The Morgan fingerprint density at radius 1 is 0.406 bits per heavy atom. The fraction of sp³-hybridized carbons (Fsp3) is 0.639. The summed E-state index contributed by atoms with van der Waals surface area (Å²) in [6.45, 7) is 26.8. The van der Waals surface area contributed by atoms with Crippen molar-refractivity contribution in [2.75, 3.05) is 116 Å². The van der Waals surface area contributed by atoms with Crippen molar-refractivity contribution in [2.24, 2.45) is 5.92 Å². The van der Waals surface area contributed by atoms with E-state index in [1.165, 1.54) is 30.7 Å². The molecule has 0 spiro atoms. The monoisotopic (exact) mass is 1970 g/mol. The van der Waals surface area contributed by atoms with Crippen molar-refractivity contribution in [3.05, 3.63) is 107 Å². The number of H-pyrrole nitrogens is 5. The number of halogens is 2. The van der Waals surface area contributed by atoms with Gasteiger partial charge in [0.15, 0.2) is 80.7 Å². The van der Waals surface area contributed by atoms with Crippen molar-refractivity contribution in [3.8, 4) is 0 Å². The number of aromatic amines is 5. The molecule has 0 aromatic carbocycles. The predicted molar refractivity (Wildman–Crippen MR) is 532 cm³/mol. The van der Waals surface area contributed by atoms with Gasteiger partial charge in [0, 0.05) is 19.6 Å². The molecule has 0 amide bonds. The van der Waals surface area contributed by atoms with Gasteiger partial charge in [0.05, 0.1) is 79.2 Å². The molecule has 20 atom stereocenters. The van der Waals surface area contributed by atoms with Crippen LogP contribution >= 0.6 is 62.0 Å². The SMILES string of the molecule is C.C.C.C.C.C=P(C)(C)CC[C@H]1O[C@@H](n2cnc3c(=O)[nH]c(C)nc32)[C@H](Br)[C@@H]1O.C=P(C)(C)CC[C@H]1O[C@@H](n2cnc3c(=O)[nH]c(C)nc32)[C@H](C)[C@@H]1O.C=P(C)(C)CC[C@H]1O[C@@H](n2cnc3c(=O)[nH]c(C)nc32)[C@H](Cl)[C@@H]1O.C=P(C)(C)CC[C@H]1O[C@@H](n2cnc3c(=O)[nH]c(C)nc32)[C@H](OC)[C@@H]1O.C=P(C)(C)CC[C@H]1O[C@@H](n2cnc3c(=O)[nH]c(NCC)nc32)[C@H](O)[C@@H]1O. The summed E-state index contributed by atoms with van der Waals surface area (Å²) in [5.74, 6) is 2.23. The van der Waals surface area contributed by atoms with Crippen molar-refractivity contribution < 1.29 is 59.1 Å². The number of hydrogen-bond acceptors (Lipinski definition) is 28. The molecule has 0 bridgehead atoms. The third-order valence-electron chi connectivity index (χ3n) is 21.6. The number of anilines is 1. The van der Waals surface area contributed by atoms with E-state index in [1.807, 2.05) is 13.8 Å². The summed E-state index contributed by atoms with van der Waals surface area (Å²) >= 11 is 9.93. The first-order valence-corrected chi connectivity index (χ1v) is 57.0. The van der Waals surface area contributed by atoms with Crippen LogP contribution in [0.1, 0.15) is 138 Å². The molecule has 15 heterocycles. The van der Waals surface area contributed by atoms with Crippen LogP contribution in [0, 0.1) is 33.6 Å². The van der Waals surface area contributed by atoms with E-state index < -0.39 is 114 Å². The summed E-state index contributed by atoms with van der Waals surface area (Å²) in [6, 6.07) is 0. The average Bonchev–Trinajstić information content (AvgIpc) is 1.64. The van der Waals surface area contributed by atoms with Gasteiger partial charge >= 0.3 is 0 Å². The number of hydrogen-bond donors (Lipinski definition) is 12. The van der Waals surface area contributed by atoms with Gasteiger partial charge in [0.2, 0.25) is 5.95 Å². The second-order valence-corrected chi connectivity index (χ2v) is 58.8. The summed E-state index contributed by atoms with van der Waals surface area (Å²) in [7, 11) is 1.54. The van der Waals surface area contributed by atoms with Crippen LogP contribution in [0.2, 0.25) is 0 Å². The summed E-state index contributed by atoms with van der Waals surface area (Å²) < 4.78 is 44.0. The molecular formula is C83H140BrClN21O17P5. The highest BCUT2D eigenvalue weighted by Crippen LogP contribution is 2.47. The molecule has 10 aromatic rings. The highest BCUT2D eigenvalue weighted by Gasteiger charge is 2.49. The van der Waals surface area contributed by atoms with E-state index in [9.17, 15) is 54.6 Å². The van der Waals surface area contributed by atoms with E-state index in [0.29, 0.717) is 88.8 Å². The minimum atomic E-state index is -1.26. The molecule has 5 saturated heterocycles. The van der Waals surface area contributed by atoms with Crippen molar-refractivity contribution in [1.29, 1.82) is 0 Å². The molecule has 718 valence electrons. The zero-order chi connectivity index (χ0) is 90.4. The number of imidazole rings is 5. The zero-order valence-corrected chi connectivity index (χ0v) is 79.4. The van der Waals surface area contributed by atoms with Gasteiger partial charge in [-0.2, -0.15) is 4.98 Å². The van der Waals surface area contributed by atoms with E-state index in [4.69, 9.17) is 40.0 Å². The maximum absolute atomic E-state index is 12.2. The molecule has 0 unspecified atom stereocenters. The van der Waals surface area contributed by atoms with Crippen molar-refractivity contribution in [3.63, 3.8) is 0 Å². The molecule has 0 radical (unpaired) electrons. The van der Waals surface area contributed by atoms with Gasteiger partial charge in [-0.1, -0.05) is 60.0 Å². The van der Waals surface area contributed by atoms with Gasteiger partial charge in [-0.15, -0.1) is 77.5 Å². The highest BCUT2D eigenvalue weighted by atomic mass is 79.9. The summed E-state index contributed by atoms with van der Waals surface area (Å²) in [5.41, 5.74) is 1.76. The molecule has 10 aromatic heterocycles. The first kappa shape index (κ1) is 110. The third-order valence-corrected chi connectivity index (χ3v) is 30.5. The molecule has 5 aliphatic heterocycles. The lowest BCUT2D eigenvalue weighted by molar-refractivity contribution is -0.0496. The standard InChI is InChI=1S/C16H26N5O4P.C16H25N4O4P.C16H25N4O3P.C15H22BrN4O3P.C15H22ClN4O3P.5CH4/c1-5-17-16-19-13-10(14(24)20-16)18-8-21(13)15-12(23)11(22)9(25-15)6-7-26(2,3)4;1-9-18-14-11(15(22)19-9)17-8-20(14)16-13(23-2)12(21)10(24-16)6-7-25(3,4)5;1-9-13(21)11(6-7-24(3,4)5)23-16(9)20-8-17-12-14(20)18-10(2)19-15(12)22;2*1-8-18-13-11(14(22)19-8)17-7-20(13)15-10(16)12(21)9(23-15)5-6-24(2,3)4;;;;;/h8-9,11-12,15,22-23H,2,5-7H2,1,3-4H3,(H2,17,19,20,24);8,10,12-13,16,21H,3,6-7H2,1-2,4-5H3,(H,18,19,22);8-9,11,13,16,21H,3,6-7H2,1-2,4-5H3,(H,18,19,22);2*7,9-10,12,15,21H,2,5-6H2,1,3-4H3,(H,18,19,22);5*1H4/t9-,11-,12-,15-;10-,12-,13-,16-;9-,11-,13+,16-;2*9-,10-,12-,15-;;;;;/m11111...../s1. The highest BCUT2D eigenvalue weighted by molar-refractivity contribution is 9.09. The third kappa shape index (κ3) is 26.0. The molecule has 0 saturated carbocycles. The smallest absolute Gasteiger partial charge is 0.280 e. The summed E-state index contributed by atoms with van der Waals surface area (Å²) in [4.78, 5) is 115. The maximum Gasteiger partial charge on any atom is 0.280 e. The van der Waals surface area contributed by atoms with Crippen molar-refractivity contribution in [2.45, 2.75) is 225 Å². The Morgan fingerprint density at radius 3 is 1.04 bits per heavy atom. The van der Waals surface area contributed by atoms with Gasteiger partial charge in [-0.25, -0.2) is 44.9 Å². The van der Waals surface area contributed by atoms with Crippen LogP contribution < -0.4 is 33.1 Å². The second kappa shape index (κ2) is 44.5. The number of ether oxygens (including phenoxy) is 6. The van der Waals surface area contributed by atoms with Gasteiger partial charge in [-0.3, -0.25) is 51.8 Å². The van der Waals surface area contributed by atoms with Crippen molar-refractivity contribution >= 4 is 155 Å². The Hall–Kier alpha value is -6.66. The fourth-order valence-corrected chi connectivity index (χ4v) is 20.9. The Labute approximate surface area is 761 Å². The van der Waals surface area contributed by atoms with Gasteiger partial charge in [0.25, 0.3) is 27.8 Å². The number of aliphatic hydroxyl groups is 6. The molecule has 45 heteroatoms. The largest absolute Gasteiger partial charge is 0.390 e. The lowest BCUT2D eigenvalue weighted by atomic mass is 10.0. The van der Waals surface area contributed by atoms with Gasteiger partial charge in [0.1, 0.15) is 65.4 Å². The van der Waals surface area contributed by atoms with E-state index in [2.05, 4.69) is 194 Å². The average molecular weight is 1970 g/mol. The van der Waals surface area contributed by atoms with E-state index >= 15 is 0 Å². The first-order chi connectivity index (χ1) is 57.4. The molecule has 0 aliphatic carbocycles. The summed E-state index contributed by atoms with van der Waals surface area (Å²) in [5, 5.41) is 65.2. The van der Waals surface area contributed by atoms with E-state index in [0.717, 1.165) is 43.7 Å². The lowest BCUT2D eigenvalue weighted by Crippen LogP contribution is -2.33. The number of aromatic nitrogens is 20. The number of fused-ring (bicyclic) bond motifs is 5. The Bertz CT molecular complexity index is 5660. The second-order valence-electron chi connectivity index (χ2n) is 35.6. The van der Waals surface area contributed by atoms with Crippen molar-refractivity contribution in [1.82, 2.24) is 97.6 Å². The number of nitrogens with one attached hydrogen (secondary N) is 6. The Kier molecular flexibility index (Phi) is 38.2. The summed E-state index contributed by atoms with van der Waals surface area (Å²) in [6.07, 6.45) is 26.6. The van der Waals surface area contributed by atoms with Crippen LogP contribution in [0.25, 0.3) is 55.8 Å². The number of alkyl halides is 2. The quantitative estimate of drug-likeness (QED) is 0.0210. The molecule has 5 aliphatic rings. The minimum absolute atomic E-state index is 0. The number of aryl methyl sites for hydroxylation is 4. The van der Waals surface area contributed by atoms with Gasteiger partial charge < -0.3 is 84.3 Å². The minimum Gasteiger partial charge on any atom is -0.390 e. The van der Waals surface area contributed by atoms with E-state index in [1.54, 1.807) is 58.6 Å². The normalized spacial score (nSPS) is 26.4. The predicted octanol–water partition coefficient (Wildman–Crippen LogP) is 8.61. The molecule has 12 N–H and O–H groups in total. The number of nitrogens with zero attached hydrogens (tertiary/aromatic N) is 15.